The van der Waals surface area contributed by atoms with Crippen LogP contribution in [-0.4, -0.2) is 13.4 Å². The summed E-state index contributed by atoms with van der Waals surface area (Å²) in [5.74, 6) is 0.668. The molecule has 114 valence electrons. The summed E-state index contributed by atoms with van der Waals surface area (Å²) in [5.41, 5.74) is 0.993. The Morgan fingerprint density at radius 3 is 2.00 bits per heavy atom. The fourth-order valence-corrected chi connectivity index (χ4v) is 1.71. The quantitative estimate of drug-likeness (QED) is 0.536. The average Bonchev–Trinajstić information content (AvgIpc) is 2.56. The largest absolute Gasteiger partial charge is 0.541 e. The van der Waals surface area contributed by atoms with E-state index in [4.69, 9.17) is 4.74 Å². The number of fused-ring (bicyclic) bond motifs is 1. The predicted octanol–water partition coefficient (Wildman–Crippen LogP) is 5.11. The van der Waals surface area contributed by atoms with Gasteiger partial charge in [0, 0.05) is 31.1 Å². The van der Waals surface area contributed by atoms with Gasteiger partial charge in [-0.05, 0) is 22.9 Å². The molecule has 0 aliphatic carbocycles. The summed E-state index contributed by atoms with van der Waals surface area (Å²) in [5, 5.41) is 2.22. The number of methoxy groups -OCH3 is 1. The first-order valence-electron chi connectivity index (χ1n) is 7.20. The molecule has 0 amide bonds. The molecule has 2 aromatic rings. The van der Waals surface area contributed by atoms with Crippen LogP contribution in [0.3, 0.4) is 0 Å². The molecule has 0 unspecified atom stereocenters. The molecule has 2 aromatic carbocycles. The van der Waals surface area contributed by atoms with E-state index in [0.717, 1.165) is 22.1 Å². The Kier molecular flexibility index (Phi) is 13.8. The predicted molar refractivity (Wildman–Crippen MR) is 87.3 cm³/mol. The van der Waals surface area contributed by atoms with Crippen LogP contribution in [0.2, 0.25) is 0 Å². The van der Waals surface area contributed by atoms with E-state index < -0.39 is 0 Å². The maximum atomic E-state index is 10.6. The van der Waals surface area contributed by atoms with E-state index in [2.05, 4.69) is 0 Å². The molecule has 0 saturated carbocycles. The van der Waals surface area contributed by atoms with Gasteiger partial charge >= 0.3 is 0 Å². The molecule has 0 saturated heterocycles. The van der Waals surface area contributed by atoms with Crippen molar-refractivity contribution in [1.29, 1.82) is 0 Å². The van der Waals surface area contributed by atoms with E-state index in [1.54, 1.807) is 7.11 Å². The zero-order chi connectivity index (χ0) is 15.5. The molecule has 0 aliphatic rings. The zero-order valence-electron chi connectivity index (χ0n) is 13.9. The standard InChI is InChI=1S/C14H13O2.2C2H6.U/c1-10(9-15)11-3-4-13-8-14(16-2)6-5-12(13)7-11;2*1-2;/h3-8,10H,1-2H3;2*1-2H3;/q-1;;;/t10-;;;/m1.../s1. The van der Waals surface area contributed by atoms with Crippen LogP contribution in [0.4, 0.5) is 0 Å². The van der Waals surface area contributed by atoms with Crippen molar-refractivity contribution in [3.63, 3.8) is 0 Å². The first-order valence-corrected chi connectivity index (χ1v) is 7.20. The number of rotatable bonds is 3. The first kappa shape index (κ1) is 22.5. The van der Waals surface area contributed by atoms with Crippen molar-refractivity contribution < 1.29 is 40.6 Å². The number of ether oxygens (including phenoxy) is 1. The molecule has 0 fully saturated rings. The van der Waals surface area contributed by atoms with Gasteiger partial charge in [-0.2, -0.15) is 0 Å². The molecule has 0 radical (unpaired) electrons. The molecule has 0 aromatic heterocycles. The van der Waals surface area contributed by atoms with Gasteiger partial charge in [-0.1, -0.05) is 64.4 Å². The van der Waals surface area contributed by atoms with Crippen LogP contribution < -0.4 is 4.74 Å². The summed E-state index contributed by atoms with van der Waals surface area (Å²) in [7, 11) is 1.65. The molecule has 1 atom stereocenters. The van der Waals surface area contributed by atoms with Gasteiger partial charge in [0.05, 0.1) is 7.11 Å². The maximum absolute atomic E-state index is 10.6. The minimum absolute atomic E-state index is 0. The fourth-order valence-electron chi connectivity index (χ4n) is 1.71. The molecular weight excluding hydrogens is 486 g/mol. The van der Waals surface area contributed by atoms with Crippen LogP contribution in [0.25, 0.3) is 10.8 Å². The van der Waals surface area contributed by atoms with Crippen molar-refractivity contribution in [2.24, 2.45) is 0 Å². The Morgan fingerprint density at radius 1 is 0.952 bits per heavy atom. The monoisotopic (exact) mass is 511 g/mol. The molecule has 21 heavy (non-hydrogen) atoms. The van der Waals surface area contributed by atoms with Crippen molar-refractivity contribution in [3.8, 4) is 5.75 Å². The molecule has 0 heterocycles. The Bertz CT molecular complexity index is 524. The van der Waals surface area contributed by atoms with Crippen LogP contribution >= 0.6 is 0 Å². The van der Waals surface area contributed by atoms with Crippen molar-refractivity contribution in [2.75, 3.05) is 7.11 Å². The topological polar surface area (TPSA) is 26.3 Å². The van der Waals surface area contributed by atoms with E-state index in [1.807, 2.05) is 77.3 Å². The van der Waals surface area contributed by atoms with Gasteiger partial charge in [0.25, 0.3) is 0 Å². The number of hydrogen-bond donors (Lipinski definition) is 0. The second-order valence-electron chi connectivity index (χ2n) is 3.81. The van der Waals surface area contributed by atoms with Crippen molar-refractivity contribution >= 4 is 17.1 Å². The summed E-state index contributed by atoms with van der Waals surface area (Å²) in [6, 6.07) is 11.9. The van der Waals surface area contributed by atoms with Crippen molar-refractivity contribution in [2.45, 2.75) is 40.5 Å². The van der Waals surface area contributed by atoms with Crippen LogP contribution in [0.15, 0.2) is 36.4 Å². The number of benzene rings is 2. The number of hydrogen-bond acceptors (Lipinski definition) is 2. The third kappa shape index (κ3) is 6.68. The summed E-state index contributed by atoms with van der Waals surface area (Å²) >= 11 is 0. The fraction of sp³-hybridized carbons (Fsp3) is 0.389. The van der Waals surface area contributed by atoms with Gasteiger partial charge in [0.2, 0.25) is 0 Å². The molecule has 0 spiro atoms. The minimum Gasteiger partial charge on any atom is -0.541 e. The van der Waals surface area contributed by atoms with Crippen molar-refractivity contribution in [3.05, 3.63) is 42.0 Å². The average molecular weight is 511 g/mol. The minimum atomic E-state index is -0.175. The van der Waals surface area contributed by atoms with Gasteiger partial charge < -0.3 is 9.53 Å². The Morgan fingerprint density at radius 2 is 1.48 bits per heavy atom. The van der Waals surface area contributed by atoms with E-state index in [9.17, 15) is 4.79 Å². The molecule has 0 aliphatic heterocycles. The maximum Gasteiger partial charge on any atom is 0.119 e. The second kappa shape index (κ2) is 12.9. The molecule has 2 nitrogen and oxygen atoms in total. The summed E-state index contributed by atoms with van der Waals surface area (Å²) < 4.78 is 5.16. The van der Waals surface area contributed by atoms with E-state index in [1.165, 1.54) is 0 Å². The van der Waals surface area contributed by atoms with Gasteiger partial charge in [-0.15, -0.1) is 5.92 Å². The van der Waals surface area contributed by atoms with E-state index >= 15 is 0 Å². The SMILES string of the molecule is CC.CC.COc1ccc2cc([C@H](C)[C-]=O)ccc2c1.[U]. The van der Waals surface area contributed by atoms with Crippen LogP contribution in [0.1, 0.15) is 46.1 Å². The van der Waals surface area contributed by atoms with Crippen LogP contribution in [0, 0.1) is 31.1 Å². The zero-order valence-corrected chi connectivity index (χ0v) is 18.0. The third-order valence-electron chi connectivity index (χ3n) is 2.75. The summed E-state index contributed by atoms with van der Waals surface area (Å²) in [4.78, 5) is 10.6. The van der Waals surface area contributed by atoms with E-state index in [0.29, 0.717) is 0 Å². The van der Waals surface area contributed by atoms with Gasteiger partial charge in [0.15, 0.2) is 0 Å². The molecule has 0 bridgehead atoms. The molecule has 3 heteroatoms. The Hall–Kier alpha value is -0.778. The van der Waals surface area contributed by atoms with Gasteiger partial charge in [0.1, 0.15) is 5.75 Å². The molecule has 2 rings (SSSR count). The molecular formula is C18H25O2U-. The smallest absolute Gasteiger partial charge is 0.119 e. The van der Waals surface area contributed by atoms with Crippen molar-refractivity contribution in [1.82, 2.24) is 0 Å². The van der Waals surface area contributed by atoms with Crippen LogP contribution in [0.5, 0.6) is 5.75 Å². The van der Waals surface area contributed by atoms with Gasteiger partial charge in [-0.25, -0.2) is 0 Å². The summed E-state index contributed by atoms with van der Waals surface area (Å²) in [6.45, 7) is 9.84. The Balaban J connectivity index is 0. The first-order chi connectivity index (χ1) is 9.74. The van der Waals surface area contributed by atoms with Crippen LogP contribution in [-0.2, 0) is 4.79 Å². The third-order valence-corrected chi connectivity index (χ3v) is 2.75. The summed E-state index contributed by atoms with van der Waals surface area (Å²) in [6.07, 6.45) is 1.99. The second-order valence-corrected chi connectivity index (χ2v) is 3.81. The van der Waals surface area contributed by atoms with E-state index in [-0.39, 0.29) is 37.0 Å². The normalized spacial score (nSPS) is 10.0. The van der Waals surface area contributed by atoms with Gasteiger partial charge in [-0.3, -0.25) is 6.29 Å². The Labute approximate surface area is 152 Å². The molecule has 0 N–H and O–H groups in total. The number of carbonyl (C=O) groups excluding carboxylic acids is 1.